The molecule has 1 atom stereocenters. The van der Waals surface area contributed by atoms with Crippen molar-refractivity contribution < 1.29 is 19.2 Å². The Morgan fingerprint density at radius 3 is 2.58 bits per heavy atom. The van der Waals surface area contributed by atoms with Gasteiger partial charge in [-0.3, -0.25) is 19.3 Å². The quantitative estimate of drug-likeness (QED) is 0.629. The van der Waals surface area contributed by atoms with Gasteiger partial charge >= 0.3 is 17.8 Å². The van der Waals surface area contributed by atoms with Crippen LogP contribution in [0.3, 0.4) is 0 Å². The third kappa shape index (κ3) is 3.58. The molecule has 26 heavy (non-hydrogen) atoms. The van der Waals surface area contributed by atoms with Crippen LogP contribution >= 0.6 is 11.6 Å². The van der Waals surface area contributed by atoms with Gasteiger partial charge in [0.2, 0.25) is 5.91 Å². The minimum atomic E-state index is -0.938. The molecule has 3 rings (SSSR count). The summed E-state index contributed by atoms with van der Waals surface area (Å²) in [4.78, 5) is 50.8. The lowest BCUT2D eigenvalue weighted by Gasteiger charge is -2.21. The normalized spacial score (nSPS) is 19.4. The van der Waals surface area contributed by atoms with Crippen LogP contribution in [0.5, 0.6) is 0 Å². The van der Waals surface area contributed by atoms with Crippen LogP contribution in [0.4, 0.5) is 4.79 Å². The van der Waals surface area contributed by atoms with Gasteiger partial charge in [-0.05, 0) is 37.5 Å². The third-order valence-corrected chi connectivity index (χ3v) is 5.04. The number of nitrogens with zero attached hydrogens (tertiary/aromatic N) is 2. The zero-order chi connectivity index (χ0) is 18.8. The summed E-state index contributed by atoms with van der Waals surface area (Å²) in [7, 11) is 0. The Bertz CT molecular complexity index is 761. The van der Waals surface area contributed by atoms with E-state index in [-0.39, 0.29) is 12.1 Å². The van der Waals surface area contributed by atoms with E-state index in [9.17, 15) is 19.2 Å². The van der Waals surface area contributed by atoms with E-state index in [1.165, 1.54) is 0 Å². The Labute approximate surface area is 156 Å². The van der Waals surface area contributed by atoms with E-state index < -0.39 is 30.3 Å². The molecule has 0 radical (unpaired) electrons. The van der Waals surface area contributed by atoms with Crippen molar-refractivity contribution in [3.8, 4) is 0 Å². The Morgan fingerprint density at radius 2 is 1.92 bits per heavy atom. The van der Waals surface area contributed by atoms with E-state index in [0.29, 0.717) is 17.9 Å². The summed E-state index contributed by atoms with van der Waals surface area (Å²) in [6.07, 6.45) is 3.26. The van der Waals surface area contributed by atoms with Gasteiger partial charge in [0.15, 0.2) is 0 Å². The molecule has 8 heteroatoms. The second-order valence-corrected chi connectivity index (χ2v) is 7.07. The summed E-state index contributed by atoms with van der Waals surface area (Å²) in [5, 5.41) is 3.26. The molecule has 1 aromatic rings. The Kier molecular flexibility index (Phi) is 5.27. The molecule has 0 bridgehead atoms. The predicted octanol–water partition coefficient (Wildman–Crippen LogP) is 2.25. The highest BCUT2D eigenvalue weighted by atomic mass is 35.5. The number of urea groups is 1. The topological polar surface area (TPSA) is 86.8 Å². The molecular weight excluding hydrogens is 358 g/mol. The Balaban J connectivity index is 1.64. The number of carbonyl (C=O) groups excluding carboxylic acids is 4. The van der Waals surface area contributed by atoms with Crippen molar-refractivity contribution in [1.29, 1.82) is 0 Å². The van der Waals surface area contributed by atoms with Crippen LogP contribution in [0.15, 0.2) is 24.3 Å². The predicted molar refractivity (Wildman–Crippen MR) is 94.2 cm³/mol. The van der Waals surface area contributed by atoms with Gasteiger partial charge in [-0.15, -0.1) is 0 Å². The number of benzene rings is 1. The fraction of sp³-hybridized carbons (Fsp3) is 0.444. The molecule has 1 saturated carbocycles. The molecule has 1 aromatic carbocycles. The molecule has 1 N–H and O–H groups in total. The van der Waals surface area contributed by atoms with Crippen molar-refractivity contribution in [3.63, 3.8) is 0 Å². The SMILES string of the molecule is C[C@H](NC(=O)CN1C(=O)C(=O)N(C2CCCC2)C1=O)c1cccc(Cl)c1. The molecule has 2 aliphatic rings. The fourth-order valence-corrected chi connectivity index (χ4v) is 3.63. The first kappa shape index (κ1) is 18.4. The Morgan fingerprint density at radius 1 is 1.23 bits per heavy atom. The van der Waals surface area contributed by atoms with Gasteiger partial charge in [0.05, 0.1) is 6.04 Å². The molecule has 1 aliphatic carbocycles. The number of imide groups is 2. The second kappa shape index (κ2) is 7.45. The van der Waals surface area contributed by atoms with Crippen molar-refractivity contribution >= 4 is 35.4 Å². The minimum absolute atomic E-state index is 0.239. The standard InChI is InChI=1S/C18H20ClN3O4/c1-11(12-5-4-6-13(19)9-12)20-15(23)10-21-16(24)17(25)22(18(21)26)14-7-2-3-8-14/h4-6,9,11,14H,2-3,7-8,10H2,1H3,(H,20,23)/t11-/m0/s1. The third-order valence-electron chi connectivity index (χ3n) is 4.80. The molecule has 2 fully saturated rings. The number of amides is 5. The smallest absolute Gasteiger partial charge is 0.334 e. The monoisotopic (exact) mass is 377 g/mol. The molecule has 7 nitrogen and oxygen atoms in total. The maximum Gasteiger partial charge on any atom is 0.334 e. The first-order chi connectivity index (χ1) is 12.4. The van der Waals surface area contributed by atoms with Gasteiger partial charge in [-0.25, -0.2) is 9.69 Å². The molecule has 1 saturated heterocycles. The maximum atomic E-state index is 12.5. The van der Waals surface area contributed by atoms with Crippen molar-refractivity contribution in [2.24, 2.45) is 0 Å². The van der Waals surface area contributed by atoms with Crippen molar-refractivity contribution in [2.75, 3.05) is 6.54 Å². The molecule has 1 aliphatic heterocycles. The Hall–Kier alpha value is -2.41. The summed E-state index contributed by atoms with van der Waals surface area (Å²) in [5.74, 6) is -2.29. The zero-order valence-corrected chi connectivity index (χ0v) is 15.2. The highest BCUT2D eigenvalue weighted by molar-refractivity contribution is 6.45. The highest BCUT2D eigenvalue weighted by Gasteiger charge is 2.48. The lowest BCUT2D eigenvalue weighted by Crippen LogP contribution is -2.43. The molecule has 1 heterocycles. The molecular formula is C18H20ClN3O4. The van der Waals surface area contributed by atoms with E-state index in [0.717, 1.165) is 28.2 Å². The number of hydrogen-bond acceptors (Lipinski definition) is 4. The lowest BCUT2D eigenvalue weighted by molar-refractivity contribution is -0.144. The van der Waals surface area contributed by atoms with Gasteiger partial charge in [0.1, 0.15) is 6.54 Å². The lowest BCUT2D eigenvalue weighted by atomic mass is 10.1. The van der Waals surface area contributed by atoms with Gasteiger partial charge < -0.3 is 5.32 Å². The van der Waals surface area contributed by atoms with Crippen LogP contribution in [-0.2, 0) is 14.4 Å². The molecule has 0 unspecified atom stereocenters. The number of nitrogens with one attached hydrogen (secondary N) is 1. The van der Waals surface area contributed by atoms with E-state index in [1.54, 1.807) is 25.1 Å². The summed E-state index contributed by atoms with van der Waals surface area (Å²) < 4.78 is 0. The number of carbonyl (C=O) groups is 4. The first-order valence-corrected chi connectivity index (χ1v) is 9.00. The van der Waals surface area contributed by atoms with Crippen LogP contribution in [0.2, 0.25) is 5.02 Å². The number of rotatable bonds is 5. The molecule has 5 amide bonds. The number of halogens is 1. The maximum absolute atomic E-state index is 12.5. The summed E-state index contributed by atoms with van der Waals surface area (Å²) in [6.45, 7) is 1.30. The van der Waals surface area contributed by atoms with Gasteiger partial charge in [-0.1, -0.05) is 36.6 Å². The zero-order valence-electron chi connectivity index (χ0n) is 14.4. The van der Waals surface area contributed by atoms with Crippen LogP contribution in [0.25, 0.3) is 0 Å². The fourth-order valence-electron chi connectivity index (χ4n) is 3.44. The highest BCUT2D eigenvalue weighted by Crippen LogP contribution is 2.27. The molecule has 0 aromatic heterocycles. The van der Waals surface area contributed by atoms with Crippen LogP contribution < -0.4 is 5.32 Å². The van der Waals surface area contributed by atoms with Gasteiger partial charge in [0, 0.05) is 11.1 Å². The van der Waals surface area contributed by atoms with Crippen LogP contribution in [-0.4, -0.2) is 46.1 Å². The number of hydrogen-bond donors (Lipinski definition) is 1. The molecule has 138 valence electrons. The van der Waals surface area contributed by atoms with Crippen LogP contribution in [0, 0.1) is 0 Å². The van der Waals surface area contributed by atoms with Gasteiger partial charge in [-0.2, -0.15) is 0 Å². The summed E-state index contributed by atoms with van der Waals surface area (Å²) >= 11 is 5.94. The van der Waals surface area contributed by atoms with Crippen molar-refractivity contribution in [1.82, 2.24) is 15.1 Å². The molecule has 0 spiro atoms. The van der Waals surface area contributed by atoms with Crippen molar-refractivity contribution in [2.45, 2.75) is 44.7 Å². The largest absolute Gasteiger partial charge is 0.348 e. The van der Waals surface area contributed by atoms with E-state index >= 15 is 0 Å². The van der Waals surface area contributed by atoms with E-state index in [4.69, 9.17) is 11.6 Å². The van der Waals surface area contributed by atoms with Gasteiger partial charge in [0.25, 0.3) is 0 Å². The average molecular weight is 378 g/mol. The summed E-state index contributed by atoms with van der Waals surface area (Å²) in [6, 6.07) is 5.75. The second-order valence-electron chi connectivity index (χ2n) is 6.63. The van der Waals surface area contributed by atoms with Crippen molar-refractivity contribution in [3.05, 3.63) is 34.9 Å². The van der Waals surface area contributed by atoms with E-state index in [1.807, 2.05) is 6.07 Å². The van der Waals surface area contributed by atoms with Crippen LogP contribution in [0.1, 0.15) is 44.2 Å². The van der Waals surface area contributed by atoms with E-state index in [2.05, 4.69) is 5.32 Å². The first-order valence-electron chi connectivity index (χ1n) is 8.62. The average Bonchev–Trinajstić information content (AvgIpc) is 3.18. The minimum Gasteiger partial charge on any atom is -0.348 e. The summed E-state index contributed by atoms with van der Waals surface area (Å²) in [5.41, 5.74) is 0.800.